The zero-order valence-electron chi connectivity index (χ0n) is 14.8. The summed E-state index contributed by atoms with van der Waals surface area (Å²) in [5, 5.41) is 4.34. The van der Waals surface area contributed by atoms with E-state index in [1.165, 1.54) is 0 Å². The van der Waals surface area contributed by atoms with Gasteiger partial charge in [0.25, 0.3) is 0 Å². The Morgan fingerprint density at radius 2 is 1.96 bits per heavy atom. The third kappa shape index (κ3) is 3.33. The average Bonchev–Trinajstić information content (AvgIpc) is 2.63. The number of aromatic nitrogens is 1. The van der Waals surface area contributed by atoms with Gasteiger partial charge in [-0.1, -0.05) is 37.3 Å². The van der Waals surface area contributed by atoms with Crippen LogP contribution in [-0.2, 0) is 0 Å². The lowest BCUT2D eigenvalue weighted by molar-refractivity contribution is 0.0982. The van der Waals surface area contributed by atoms with Crippen LogP contribution in [0.25, 0.3) is 10.9 Å². The molecular weight excluding hydrogens is 312 g/mol. The molecule has 3 rings (SSSR count). The van der Waals surface area contributed by atoms with Gasteiger partial charge in [-0.05, 0) is 31.0 Å². The molecule has 0 spiro atoms. The molecule has 4 nitrogen and oxygen atoms in total. The second-order valence-electron chi connectivity index (χ2n) is 6.02. The molecule has 0 saturated carbocycles. The number of para-hydroxylation sites is 2. The van der Waals surface area contributed by atoms with Gasteiger partial charge in [0.05, 0.1) is 18.4 Å². The molecule has 2 aromatic carbocycles. The Balaban J connectivity index is 2.22. The molecule has 0 aliphatic carbocycles. The number of benzene rings is 2. The highest BCUT2D eigenvalue weighted by Crippen LogP contribution is 2.34. The first-order valence-electron chi connectivity index (χ1n) is 8.47. The normalized spacial score (nSPS) is 10.7. The summed E-state index contributed by atoms with van der Waals surface area (Å²) in [5.41, 5.74) is 4.24. The molecule has 0 aliphatic heterocycles. The minimum absolute atomic E-state index is 0.0933. The molecule has 0 bridgehead atoms. The van der Waals surface area contributed by atoms with Gasteiger partial charge in [0, 0.05) is 23.7 Å². The number of ether oxygens (including phenoxy) is 1. The van der Waals surface area contributed by atoms with Crippen LogP contribution in [0.2, 0.25) is 0 Å². The average molecular weight is 334 g/mol. The van der Waals surface area contributed by atoms with Crippen LogP contribution in [0, 0.1) is 6.92 Å². The molecule has 1 aromatic heterocycles. The Morgan fingerprint density at radius 1 is 1.16 bits per heavy atom. The topological polar surface area (TPSA) is 51.2 Å². The number of carbonyl (C=O) groups is 1. The van der Waals surface area contributed by atoms with Crippen molar-refractivity contribution in [1.29, 1.82) is 0 Å². The third-order valence-corrected chi connectivity index (χ3v) is 4.26. The standard InChI is InChI=1S/C21H22N2O2/c1-4-8-18(24)16-13-22-21-15(10-7-12-19(21)25-3)20(16)23-17-11-6-5-9-14(17)2/h5-7,9-13H,4,8H2,1-3H3,(H,22,23). The number of rotatable bonds is 6. The first-order valence-corrected chi connectivity index (χ1v) is 8.47. The van der Waals surface area contributed by atoms with E-state index in [1.807, 2.05) is 56.3 Å². The number of methoxy groups -OCH3 is 1. The quantitative estimate of drug-likeness (QED) is 0.623. The predicted molar refractivity (Wildman–Crippen MR) is 102 cm³/mol. The number of pyridine rings is 1. The minimum Gasteiger partial charge on any atom is -0.494 e. The Kier molecular flexibility index (Phi) is 4.98. The Bertz CT molecular complexity index is 919. The fourth-order valence-electron chi connectivity index (χ4n) is 2.92. The summed E-state index contributed by atoms with van der Waals surface area (Å²) in [6, 6.07) is 13.8. The maximum atomic E-state index is 12.6. The molecule has 3 aromatic rings. The number of hydrogen-bond donors (Lipinski definition) is 1. The van der Waals surface area contributed by atoms with E-state index in [-0.39, 0.29) is 5.78 Å². The number of nitrogens with one attached hydrogen (secondary N) is 1. The molecule has 0 atom stereocenters. The third-order valence-electron chi connectivity index (χ3n) is 4.26. The summed E-state index contributed by atoms with van der Waals surface area (Å²) in [7, 11) is 1.63. The molecule has 0 radical (unpaired) electrons. The summed E-state index contributed by atoms with van der Waals surface area (Å²) in [5.74, 6) is 0.788. The SMILES string of the molecule is CCCC(=O)c1cnc2c(OC)cccc2c1Nc1ccccc1C. The number of nitrogens with zero attached hydrogens (tertiary/aromatic N) is 1. The summed E-state index contributed by atoms with van der Waals surface area (Å²) in [4.78, 5) is 17.1. The molecule has 0 fully saturated rings. The lowest BCUT2D eigenvalue weighted by atomic mass is 10.0. The molecule has 1 N–H and O–H groups in total. The predicted octanol–water partition coefficient (Wildman–Crippen LogP) is 5.28. The van der Waals surface area contributed by atoms with Gasteiger partial charge in [-0.25, -0.2) is 0 Å². The highest BCUT2D eigenvalue weighted by atomic mass is 16.5. The van der Waals surface area contributed by atoms with Crippen molar-refractivity contribution in [3.63, 3.8) is 0 Å². The molecule has 128 valence electrons. The molecule has 25 heavy (non-hydrogen) atoms. The van der Waals surface area contributed by atoms with Gasteiger partial charge in [0.15, 0.2) is 5.78 Å². The summed E-state index contributed by atoms with van der Waals surface area (Å²) in [6.45, 7) is 4.05. The van der Waals surface area contributed by atoms with E-state index in [1.54, 1.807) is 13.3 Å². The van der Waals surface area contributed by atoms with E-state index in [2.05, 4.69) is 10.3 Å². The maximum Gasteiger partial charge on any atom is 0.166 e. The van der Waals surface area contributed by atoms with E-state index in [4.69, 9.17) is 4.74 Å². The van der Waals surface area contributed by atoms with Crippen molar-refractivity contribution in [2.45, 2.75) is 26.7 Å². The maximum absolute atomic E-state index is 12.6. The number of ketones is 1. The van der Waals surface area contributed by atoms with E-state index < -0.39 is 0 Å². The Labute approximate surface area is 147 Å². The van der Waals surface area contributed by atoms with Gasteiger partial charge in [-0.3, -0.25) is 9.78 Å². The highest BCUT2D eigenvalue weighted by Gasteiger charge is 2.17. The largest absolute Gasteiger partial charge is 0.494 e. The van der Waals surface area contributed by atoms with Crippen molar-refractivity contribution in [2.24, 2.45) is 0 Å². The summed E-state index contributed by atoms with van der Waals surface area (Å²) < 4.78 is 5.43. The molecular formula is C21H22N2O2. The Hall–Kier alpha value is -2.88. The number of carbonyl (C=O) groups excluding carboxylic acids is 1. The molecule has 1 heterocycles. The van der Waals surface area contributed by atoms with Gasteiger partial charge in [0.2, 0.25) is 0 Å². The number of Topliss-reactive ketones (excluding diaryl/α,β-unsaturated/α-hetero) is 1. The van der Waals surface area contributed by atoms with Crippen LogP contribution in [-0.4, -0.2) is 17.9 Å². The van der Waals surface area contributed by atoms with Crippen molar-refractivity contribution < 1.29 is 9.53 Å². The van der Waals surface area contributed by atoms with E-state index in [9.17, 15) is 4.79 Å². The number of fused-ring (bicyclic) bond motifs is 1. The fraction of sp³-hybridized carbons (Fsp3) is 0.238. The molecule has 0 aliphatic rings. The van der Waals surface area contributed by atoms with Crippen LogP contribution in [0.4, 0.5) is 11.4 Å². The summed E-state index contributed by atoms with van der Waals surface area (Å²) >= 11 is 0. The monoisotopic (exact) mass is 334 g/mol. The van der Waals surface area contributed by atoms with Gasteiger partial charge < -0.3 is 10.1 Å². The zero-order valence-corrected chi connectivity index (χ0v) is 14.8. The molecule has 0 unspecified atom stereocenters. The molecule has 0 saturated heterocycles. The lowest BCUT2D eigenvalue weighted by Gasteiger charge is -2.16. The van der Waals surface area contributed by atoms with Gasteiger partial charge in [0.1, 0.15) is 11.3 Å². The number of aryl methyl sites for hydroxylation is 1. The molecule has 4 heteroatoms. The van der Waals surface area contributed by atoms with E-state index >= 15 is 0 Å². The van der Waals surface area contributed by atoms with Gasteiger partial charge >= 0.3 is 0 Å². The number of anilines is 2. The van der Waals surface area contributed by atoms with Crippen LogP contribution in [0.3, 0.4) is 0 Å². The summed E-state index contributed by atoms with van der Waals surface area (Å²) in [6.07, 6.45) is 2.96. The van der Waals surface area contributed by atoms with Crippen molar-refractivity contribution in [3.05, 3.63) is 59.8 Å². The molecule has 0 amide bonds. The zero-order chi connectivity index (χ0) is 17.8. The smallest absolute Gasteiger partial charge is 0.166 e. The van der Waals surface area contributed by atoms with Crippen molar-refractivity contribution in [2.75, 3.05) is 12.4 Å². The second-order valence-corrected chi connectivity index (χ2v) is 6.02. The first kappa shape index (κ1) is 17.0. The van der Waals surface area contributed by atoms with Crippen LogP contribution in [0.15, 0.2) is 48.7 Å². The van der Waals surface area contributed by atoms with Crippen molar-refractivity contribution >= 4 is 28.1 Å². The van der Waals surface area contributed by atoms with Crippen LogP contribution >= 0.6 is 0 Å². The lowest BCUT2D eigenvalue weighted by Crippen LogP contribution is -2.06. The second kappa shape index (κ2) is 7.34. The van der Waals surface area contributed by atoms with E-state index in [0.717, 1.165) is 34.3 Å². The van der Waals surface area contributed by atoms with Crippen LogP contribution in [0.1, 0.15) is 35.7 Å². The fourth-order valence-corrected chi connectivity index (χ4v) is 2.92. The van der Waals surface area contributed by atoms with Gasteiger partial charge in [-0.2, -0.15) is 0 Å². The minimum atomic E-state index is 0.0933. The van der Waals surface area contributed by atoms with Crippen molar-refractivity contribution in [1.82, 2.24) is 4.98 Å². The van der Waals surface area contributed by atoms with Crippen LogP contribution in [0.5, 0.6) is 5.75 Å². The van der Waals surface area contributed by atoms with Gasteiger partial charge in [-0.15, -0.1) is 0 Å². The van der Waals surface area contributed by atoms with E-state index in [0.29, 0.717) is 17.7 Å². The number of hydrogen-bond acceptors (Lipinski definition) is 4. The first-order chi connectivity index (χ1) is 12.2. The Morgan fingerprint density at radius 3 is 2.68 bits per heavy atom. The highest BCUT2D eigenvalue weighted by molar-refractivity contribution is 6.09. The van der Waals surface area contributed by atoms with Crippen molar-refractivity contribution in [3.8, 4) is 5.75 Å². The van der Waals surface area contributed by atoms with Crippen LogP contribution < -0.4 is 10.1 Å².